The Morgan fingerprint density at radius 3 is 2.59 bits per heavy atom. The van der Waals surface area contributed by atoms with Crippen molar-refractivity contribution in [1.82, 2.24) is 15.6 Å². The Kier molecular flexibility index (Phi) is 9.35. The van der Waals surface area contributed by atoms with Crippen LogP contribution in [0.3, 0.4) is 0 Å². The molecule has 1 aromatic carbocycles. The Balaban J connectivity index is 0.00000182. The summed E-state index contributed by atoms with van der Waals surface area (Å²) in [7, 11) is 1.61. The van der Waals surface area contributed by atoms with Gasteiger partial charge in [0.2, 0.25) is 11.8 Å². The molecule has 0 saturated carbocycles. The summed E-state index contributed by atoms with van der Waals surface area (Å²) in [4.78, 5) is 16.4. The molecule has 3 rings (SSSR count). The van der Waals surface area contributed by atoms with Crippen molar-refractivity contribution in [1.29, 1.82) is 0 Å². The molecule has 1 amide bonds. The molecule has 27 heavy (non-hydrogen) atoms. The molecule has 0 bridgehead atoms. The van der Waals surface area contributed by atoms with E-state index in [1.807, 2.05) is 31.2 Å². The maximum atomic E-state index is 12.1. The second-order valence-corrected chi connectivity index (χ2v) is 6.21. The van der Waals surface area contributed by atoms with Gasteiger partial charge < -0.3 is 20.1 Å². The number of benzene rings is 1. The number of carbonyl (C=O) groups is 1. The number of pyridine rings is 1. The molecule has 1 aliphatic heterocycles. The maximum Gasteiger partial charge on any atom is 0.223 e. The van der Waals surface area contributed by atoms with Gasteiger partial charge in [0.05, 0.1) is 7.11 Å². The first-order chi connectivity index (χ1) is 12.2. The molecule has 0 aliphatic carbocycles. The van der Waals surface area contributed by atoms with Crippen LogP contribution in [0.4, 0.5) is 0 Å². The van der Waals surface area contributed by atoms with Gasteiger partial charge in [0, 0.05) is 30.8 Å². The lowest BCUT2D eigenvalue weighted by Crippen LogP contribution is -2.49. The van der Waals surface area contributed by atoms with Gasteiger partial charge in [0.25, 0.3) is 0 Å². The minimum absolute atomic E-state index is 0. The summed E-state index contributed by atoms with van der Waals surface area (Å²) >= 11 is 0. The van der Waals surface area contributed by atoms with Gasteiger partial charge in [-0.2, -0.15) is 0 Å². The molecule has 1 aliphatic rings. The predicted molar refractivity (Wildman–Crippen MR) is 109 cm³/mol. The lowest BCUT2D eigenvalue weighted by atomic mass is 9.88. The highest BCUT2D eigenvalue weighted by Gasteiger charge is 2.28. The summed E-state index contributed by atoms with van der Waals surface area (Å²) in [5, 5.41) is 6.16. The number of aromatic nitrogens is 1. The summed E-state index contributed by atoms with van der Waals surface area (Å²) in [6, 6.07) is 11.0. The van der Waals surface area contributed by atoms with Gasteiger partial charge in [-0.1, -0.05) is 19.1 Å². The van der Waals surface area contributed by atoms with Crippen molar-refractivity contribution >= 4 is 30.7 Å². The molecule has 6 nitrogen and oxygen atoms in total. The highest BCUT2D eigenvalue weighted by atomic mass is 35.5. The fourth-order valence-corrected chi connectivity index (χ4v) is 2.59. The third-order valence-corrected chi connectivity index (χ3v) is 4.46. The number of carbonyl (C=O) groups excluding carboxylic acids is 1. The van der Waals surface area contributed by atoms with Crippen molar-refractivity contribution in [2.24, 2.45) is 11.8 Å². The summed E-state index contributed by atoms with van der Waals surface area (Å²) in [5.41, 5.74) is 0.935. The first-order valence-electron chi connectivity index (χ1n) is 8.41. The standard InChI is InChI=1S/C19H23N3O3.2ClH/c1-13(15-11-20-12-15)19(23)22-10-14-6-7-18(21-9-14)25-17-5-3-4-16(8-17)24-2;;/h3-9,13,15,20H,10-12H2,1-2H3,(H,22,23);2*1H. The first kappa shape index (κ1) is 23.0. The number of nitrogens with one attached hydrogen (secondary N) is 2. The molecule has 1 fully saturated rings. The lowest BCUT2D eigenvalue weighted by molar-refractivity contribution is -0.126. The van der Waals surface area contributed by atoms with Gasteiger partial charge in [0.1, 0.15) is 11.5 Å². The first-order valence-corrected chi connectivity index (χ1v) is 8.41. The average Bonchev–Trinajstić information content (AvgIpc) is 2.59. The highest BCUT2D eigenvalue weighted by Crippen LogP contribution is 2.23. The third-order valence-electron chi connectivity index (χ3n) is 4.46. The maximum absolute atomic E-state index is 12.1. The van der Waals surface area contributed by atoms with Gasteiger partial charge in [0.15, 0.2) is 0 Å². The molecule has 1 saturated heterocycles. The van der Waals surface area contributed by atoms with Crippen molar-refractivity contribution in [3.05, 3.63) is 48.2 Å². The van der Waals surface area contributed by atoms with Crippen LogP contribution in [0.2, 0.25) is 0 Å². The quantitative estimate of drug-likeness (QED) is 0.728. The summed E-state index contributed by atoms with van der Waals surface area (Å²) in [6.07, 6.45) is 1.71. The van der Waals surface area contributed by atoms with E-state index in [1.165, 1.54) is 0 Å². The molecule has 2 N–H and O–H groups in total. The molecule has 1 unspecified atom stereocenters. The van der Waals surface area contributed by atoms with Gasteiger partial charge in [-0.05, 0) is 36.7 Å². The summed E-state index contributed by atoms with van der Waals surface area (Å²) in [5.74, 6) is 2.45. The summed E-state index contributed by atoms with van der Waals surface area (Å²) < 4.78 is 10.9. The number of nitrogens with zero attached hydrogens (tertiary/aromatic N) is 1. The average molecular weight is 414 g/mol. The van der Waals surface area contributed by atoms with Crippen molar-refractivity contribution in [2.75, 3.05) is 20.2 Å². The van der Waals surface area contributed by atoms with Gasteiger partial charge in [-0.3, -0.25) is 4.79 Å². The highest BCUT2D eigenvalue weighted by molar-refractivity contribution is 5.85. The Morgan fingerprint density at radius 1 is 1.26 bits per heavy atom. The fraction of sp³-hybridized carbons (Fsp3) is 0.368. The van der Waals surface area contributed by atoms with Gasteiger partial charge in [-0.25, -0.2) is 4.98 Å². The van der Waals surface area contributed by atoms with Crippen molar-refractivity contribution < 1.29 is 14.3 Å². The van der Waals surface area contributed by atoms with Gasteiger partial charge in [-0.15, -0.1) is 24.8 Å². The molecule has 2 aromatic rings. The van der Waals surface area contributed by atoms with Crippen LogP contribution in [0, 0.1) is 11.8 Å². The van der Waals surface area contributed by atoms with Crippen LogP contribution in [0.1, 0.15) is 12.5 Å². The van der Waals surface area contributed by atoms with Crippen molar-refractivity contribution in [3.63, 3.8) is 0 Å². The van der Waals surface area contributed by atoms with Crippen LogP contribution in [-0.4, -0.2) is 31.1 Å². The molecule has 0 spiro atoms. The number of ether oxygens (including phenoxy) is 2. The van der Waals surface area contributed by atoms with Crippen molar-refractivity contribution in [2.45, 2.75) is 13.5 Å². The SMILES string of the molecule is COc1cccc(Oc2ccc(CNC(=O)C(C)C3CNC3)cn2)c1.Cl.Cl. The molecule has 8 heteroatoms. The molecule has 1 atom stereocenters. The van der Waals surface area contributed by atoms with Crippen LogP contribution in [0.5, 0.6) is 17.4 Å². The second kappa shape index (κ2) is 11.0. The Bertz CT molecular complexity index is 724. The van der Waals surface area contributed by atoms with E-state index in [9.17, 15) is 4.79 Å². The van der Waals surface area contributed by atoms with E-state index in [0.717, 1.165) is 24.4 Å². The van der Waals surface area contributed by atoms with Crippen molar-refractivity contribution in [3.8, 4) is 17.4 Å². The number of methoxy groups -OCH3 is 1. The Morgan fingerprint density at radius 2 is 2.00 bits per heavy atom. The number of amides is 1. The van der Waals surface area contributed by atoms with Crippen LogP contribution in [-0.2, 0) is 11.3 Å². The molecule has 1 aromatic heterocycles. The topological polar surface area (TPSA) is 72.5 Å². The minimum atomic E-state index is 0. The lowest BCUT2D eigenvalue weighted by Gasteiger charge is -2.31. The molecular weight excluding hydrogens is 389 g/mol. The molecule has 0 radical (unpaired) electrons. The predicted octanol–water partition coefficient (Wildman–Crippen LogP) is 3.20. The number of rotatable bonds is 7. The zero-order valence-electron chi connectivity index (χ0n) is 15.3. The largest absolute Gasteiger partial charge is 0.497 e. The van der Waals surface area contributed by atoms with Crippen LogP contribution >= 0.6 is 24.8 Å². The summed E-state index contributed by atoms with van der Waals surface area (Å²) in [6.45, 7) is 4.29. The number of hydrogen-bond acceptors (Lipinski definition) is 5. The van der Waals surface area contributed by atoms with E-state index in [4.69, 9.17) is 9.47 Å². The van der Waals surface area contributed by atoms with E-state index in [2.05, 4.69) is 15.6 Å². The van der Waals surface area contributed by atoms with E-state index < -0.39 is 0 Å². The van der Waals surface area contributed by atoms with Crippen LogP contribution in [0.25, 0.3) is 0 Å². The van der Waals surface area contributed by atoms with Crippen LogP contribution < -0.4 is 20.1 Å². The van der Waals surface area contributed by atoms with E-state index in [1.54, 1.807) is 25.4 Å². The monoisotopic (exact) mass is 413 g/mol. The number of hydrogen-bond donors (Lipinski definition) is 2. The molecule has 2 heterocycles. The van der Waals surface area contributed by atoms with E-state index in [-0.39, 0.29) is 36.6 Å². The molecular formula is C19H25Cl2N3O3. The smallest absolute Gasteiger partial charge is 0.223 e. The Hall–Kier alpha value is -2.02. The number of halogens is 2. The zero-order chi connectivity index (χ0) is 17.6. The fourth-order valence-electron chi connectivity index (χ4n) is 2.59. The third kappa shape index (κ3) is 6.27. The molecule has 148 valence electrons. The van der Waals surface area contributed by atoms with Crippen LogP contribution in [0.15, 0.2) is 42.6 Å². The van der Waals surface area contributed by atoms with E-state index in [0.29, 0.717) is 24.1 Å². The normalized spacial score (nSPS) is 14.0. The zero-order valence-corrected chi connectivity index (χ0v) is 16.9. The second-order valence-electron chi connectivity index (χ2n) is 6.21. The minimum Gasteiger partial charge on any atom is -0.497 e. The Labute approximate surface area is 171 Å². The van der Waals surface area contributed by atoms with Gasteiger partial charge >= 0.3 is 0 Å². The van der Waals surface area contributed by atoms with E-state index >= 15 is 0 Å².